The molecule has 0 unspecified atom stereocenters. The molecule has 0 spiro atoms. The van der Waals surface area contributed by atoms with Gasteiger partial charge in [-0.25, -0.2) is 0 Å². The molecule has 1 rings (SSSR count). The second-order valence-corrected chi connectivity index (χ2v) is 1.88. The summed E-state index contributed by atoms with van der Waals surface area (Å²) in [6.45, 7) is 0. The van der Waals surface area contributed by atoms with Crippen LogP contribution in [0.4, 0.5) is 0 Å². The zero-order chi connectivity index (χ0) is 7.40. The summed E-state index contributed by atoms with van der Waals surface area (Å²) in [6, 6.07) is 7.44. The molecule has 0 N–H and O–H groups in total. The number of ether oxygens (including phenoxy) is 2. The van der Waals surface area contributed by atoms with E-state index in [4.69, 9.17) is 9.47 Å². The fraction of sp³-hybridized carbons (Fsp3) is 0.500. The second-order valence-electron chi connectivity index (χ2n) is 1.88. The number of methoxy groups -OCH3 is 2. The van der Waals surface area contributed by atoms with Gasteiger partial charge >= 0.3 is 0 Å². The van der Waals surface area contributed by atoms with Crippen LogP contribution in [0.15, 0.2) is 24.3 Å². The van der Waals surface area contributed by atoms with Crippen molar-refractivity contribution in [3.63, 3.8) is 0 Å². The van der Waals surface area contributed by atoms with Crippen LogP contribution in [0.3, 0.4) is 0 Å². The fourth-order valence-electron chi connectivity index (χ4n) is 0.712. The first-order chi connectivity index (χ1) is 4.86. The van der Waals surface area contributed by atoms with Crippen molar-refractivity contribution in [2.75, 3.05) is 14.2 Å². The molecular weight excluding hydrogens is 176 g/mol. The Morgan fingerprint density at radius 3 is 1.00 bits per heavy atom. The van der Waals surface area contributed by atoms with Crippen LogP contribution in [0.25, 0.3) is 0 Å². The van der Waals surface area contributed by atoms with Crippen molar-refractivity contribution in [3.8, 4) is 11.5 Å². The minimum absolute atomic E-state index is 0. The summed E-state index contributed by atoms with van der Waals surface area (Å²) in [6.07, 6.45) is 0. The van der Waals surface area contributed by atoms with Crippen molar-refractivity contribution in [1.82, 2.24) is 0 Å². The Morgan fingerprint density at radius 1 is 0.643 bits per heavy atom. The number of hydrogen-bond donors (Lipinski definition) is 0. The predicted octanol–water partition coefficient (Wildman–Crippen LogP) is 4.25. The van der Waals surface area contributed by atoms with Crippen molar-refractivity contribution in [1.29, 1.82) is 0 Å². The minimum atomic E-state index is 0. The van der Waals surface area contributed by atoms with Crippen LogP contribution in [-0.2, 0) is 0 Å². The van der Waals surface area contributed by atoms with Crippen molar-refractivity contribution >= 4 is 0 Å². The first-order valence-corrected chi connectivity index (χ1v) is 3.05. The van der Waals surface area contributed by atoms with Crippen molar-refractivity contribution in [2.24, 2.45) is 0 Å². The Hall–Kier alpha value is -1.18. The Labute approximate surface area is 89.9 Å². The van der Waals surface area contributed by atoms with Crippen molar-refractivity contribution in [2.45, 2.75) is 29.7 Å². The summed E-state index contributed by atoms with van der Waals surface area (Å²) >= 11 is 0. The van der Waals surface area contributed by atoms with E-state index >= 15 is 0 Å². The standard InChI is InChI=1S/C8H10O2.4CH4/c1-9-7-3-5-8(10-2)6-4-7;;;;/h3-6H,1-2H3;4*1H4. The zero-order valence-electron chi connectivity index (χ0n) is 6.13. The van der Waals surface area contributed by atoms with Gasteiger partial charge in [-0.3, -0.25) is 0 Å². The molecule has 0 aliphatic heterocycles. The molecule has 1 aromatic carbocycles. The SMILES string of the molecule is C.C.C.C.COc1ccc(OC)cc1. The lowest BCUT2D eigenvalue weighted by Gasteiger charge is -2.00. The largest absolute Gasteiger partial charge is 0.497 e. The predicted molar refractivity (Wildman–Crippen MR) is 66.5 cm³/mol. The van der Waals surface area contributed by atoms with Gasteiger partial charge in [0.15, 0.2) is 0 Å². The van der Waals surface area contributed by atoms with Gasteiger partial charge in [0.1, 0.15) is 11.5 Å². The highest BCUT2D eigenvalue weighted by Crippen LogP contribution is 2.15. The molecular formula is C12H26O2. The molecule has 86 valence electrons. The average molecular weight is 202 g/mol. The second kappa shape index (κ2) is 11.8. The smallest absolute Gasteiger partial charge is 0.119 e. The van der Waals surface area contributed by atoms with Gasteiger partial charge in [0.05, 0.1) is 14.2 Å². The summed E-state index contributed by atoms with van der Waals surface area (Å²) in [4.78, 5) is 0. The van der Waals surface area contributed by atoms with Gasteiger partial charge < -0.3 is 9.47 Å². The molecule has 2 heteroatoms. The number of hydrogen-bond acceptors (Lipinski definition) is 2. The normalized spacial score (nSPS) is 6.43. The van der Waals surface area contributed by atoms with Crippen molar-refractivity contribution in [3.05, 3.63) is 24.3 Å². The molecule has 0 aliphatic carbocycles. The molecule has 0 saturated carbocycles. The van der Waals surface area contributed by atoms with Crippen LogP contribution >= 0.6 is 0 Å². The average Bonchev–Trinajstić information content (AvgIpc) is 2.05. The van der Waals surface area contributed by atoms with E-state index in [9.17, 15) is 0 Å². The number of benzene rings is 1. The van der Waals surface area contributed by atoms with Gasteiger partial charge in [-0.15, -0.1) is 0 Å². The van der Waals surface area contributed by atoms with E-state index in [1.54, 1.807) is 14.2 Å². The summed E-state index contributed by atoms with van der Waals surface area (Å²) in [7, 11) is 3.28. The molecule has 0 radical (unpaired) electrons. The van der Waals surface area contributed by atoms with Crippen LogP contribution < -0.4 is 9.47 Å². The molecule has 0 bridgehead atoms. The first kappa shape index (κ1) is 23.0. The van der Waals surface area contributed by atoms with Gasteiger partial charge in [0, 0.05) is 0 Å². The topological polar surface area (TPSA) is 18.5 Å². The zero-order valence-corrected chi connectivity index (χ0v) is 6.13. The highest BCUT2D eigenvalue weighted by Gasteiger charge is 1.89. The highest BCUT2D eigenvalue weighted by molar-refractivity contribution is 5.30. The van der Waals surface area contributed by atoms with E-state index in [0.717, 1.165) is 11.5 Å². The molecule has 0 aromatic heterocycles. The third-order valence-corrected chi connectivity index (χ3v) is 1.30. The van der Waals surface area contributed by atoms with Gasteiger partial charge in [-0.1, -0.05) is 29.7 Å². The molecule has 14 heavy (non-hydrogen) atoms. The molecule has 0 saturated heterocycles. The van der Waals surface area contributed by atoms with E-state index in [2.05, 4.69) is 0 Å². The van der Waals surface area contributed by atoms with E-state index in [1.165, 1.54) is 0 Å². The maximum absolute atomic E-state index is 4.96. The van der Waals surface area contributed by atoms with Crippen LogP contribution in [0, 0.1) is 0 Å². The Balaban J connectivity index is -0.000000125. The van der Waals surface area contributed by atoms with E-state index in [1.807, 2.05) is 24.3 Å². The van der Waals surface area contributed by atoms with Gasteiger partial charge in [-0.2, -0.15) is 0 Å². The van der Waals surface area contributed by atoms with E-state index in [-0.39, 0.29) is 29.7 Å². The Morgan fingerprint density at radius 2 is 0.857 bits per heavy atom. The van der Waals surface area contributed by atoms with Gasteiger partial charge in [-0.05, 0) is 24.3 Å². The van der Waals surface area contributed by atoms with E-state index < -0.39 is 0 Å². The molecule has 0 aliphatic rings. The molecule has 0 atom stereocenters. The lowest BCUT2D eigenvalue weighted by atomic mass is 10.3. The van der Waals surface area contributed by atoms with Crippen LogP contribution in [0.2, 0.25) is 0 Å². The lowest BCUT2D eigenvalue weighted by molar-refractivity contribution is 0.403. The maximum atomic E-state index is 4.96. The molecule has 1 aromatic rings. The van der Waals surface area contributed by atoms with E-state index in [0.29, 0.717) is 0 Å². The van der Waals surface area contributed by atoms with Crippen LogP contribution in [0.1, 0.15) is 29.7 Å². The van der Waals surface area contributed by atoms with Crippen LogP contribution in [-0.4, -0.2) is 14.2 Å². The molecule has 0 heterocycles. The molecule has 0 amide bonds. The summed E-state index contributed by atoms with van der Waals surface area (Å²) in [5.41, 5.74) is 0. The van der Waals surface area contributed by atoms with Crippen LogP contribution in [0.5, 0.6) is 11.5 Å². The number of rotatable bonds is 2. The van der Waals surface area contributed by atoms with Gasteiger partial charge in [0.2, 0.25) is 0 Å². The molecule has 2 nitrogen and oxygen atoms in total. The third kappa shape index (κ3) is 6.35. The Kier molecular flexibility index (Phi) is 19.4. The third-order valence-electron chi connectivity index (χ3n) is 1.30. The minimum Gasteiger partial charge on any atom is -0.497 e. The van der Waals surface area contributed by atoms with Gasteiger partial charge in [0.25, 0.3) is 0 Å². The monoisotopic (exact) mass is 202 g/mol. The van der Waals surface area contributed by atoms with Crippen molar-refractivity contribution < 1.29 is 9.47 Å². The lowest BCUT2D eigenvalue weighted by Crippen LogP contribution is -1.83. The summed E-state index contributed by atoms with van der Waals surface area (Å²) in [5, 5.41) is 0. The first-order valence-electron chi connectivity index (χ1n) is 3.05. The fourth-order valence-corrected chi connectivity index (χ4v) is 0.712. The summed E-state index contributed by atoms with van der Waals surface area (Å²) in [5.74, 6) is 1.70. The maximum Gasteiger partial charge on any atom is 0.119 e. The quantitative estimate of drug-likeness (QED) is 0.714. The Bertz CT molecular complexity index is 169. The summed E-state index contributed by atoms with van der Waals surface area (Å²) < 4.78 is 9.92. The highest BCUT2D eigenvalue weighted by atomic mass is 16.5. The molecule has 0 fully saturated rings.